The summed E-state index contributed by atoms with van der Waals surface area (Å²) in [5.41, 5.74) is 4.02. The molecule has 0 aliphatic heterocycles. The minimum Gasteiger partial charge on any atom is -0.492 e. The highest BCUT2D eigenvalue weighted by molar-refractivity contribution is 6.04. The van der Waals surface area contributed by atoms with Gasteiger partial charge in [-0.05, 0) is 50.2 Å². The van der Waals surface area contributed by atoms with Gasteiger partial charge in [0.05, 0.1) is 6.61 Å². The van der Waals surface area contributed by atoms with E-state index in [0.29, 0.717) is 31.2 Å². The standard InChI is InChI=1S/C24H27FN4O3/c1-16-23(17(2)28-15-27-16)21-14-20(29-24(30)18-5-4-6-19(25)13-18)7-8-22(21)32-12-10-26-9-11-31-3/h4-8,13-15,26H,9-12H2,1-3H3,(H,29,30). The van der Waals surface area contributed by atoms with Crippen LogP contribution in [0.3, 0.4) is 0 Å². The predicted octanol–water partition coefficient (Wildman–Crippen LogP) is 3.77. The number of aromatic nitrogens is 2. The van der Waals surface area contributed by atoms with Crippen molar-refractivity contribution in [1.82, 2.24) is 15.3 Å². The molecule has 32 heavy (non-hydrogen) atoms. The minimum absolute atomic E-state index is 0.240. The molecule has 2 N–H and O–H groups in total. The Morgan fingerprint density at radius 1 is 1.03 bits per heavy atom. The Hall–Kier alpha value is -3.36. The minimum atomic E-state index is -0.464. The molecule has 0 aliphatic rings. The highest BCUT2D eigenvalue weighted by atomic mass is 19.1. The van der Waals surface area contributed by atoms with Crippen molar-refractivity contribution in [3.8, 4) is 16.9 Å². The zero-order chi connectivity index (χ0) is 22.9. The van der Waals surface area contributed by atoms with Gasteiger partial charge in [-0.1, -0.05) is 6.07 Å². The van der Waals surface area contributed by atoms with Crippen LogP contribution in [0.4, 0.5) is 10.1 Å². The SMILES string of the molecule is COCCNCCOc1ccc(NC(=O)c2cccc(F)c2)cc1-c1c(C)ncnc1C. The largest absolute Gasteiger partial charge is 0.492 e. The van der Waals surface area contributed by atoms with Crippen LogP contribution in [0.2, 0.25) is 0 Å². The van der Waals surface area contributed by atoms with Gasteiger partial charge < -0.3 is 20.1 Å². The van der Waals surface area contributed by atoms with E-state index < -0.39 is 11.7 Å². The van der Waals surface area contributed by atoms with Gasteiger partial charge in [0, 0.05) is 54.0 Å². The second-order valence-electron chi connectivity index (χ2n) is 7.19. The summed E-state index contributed by atoms with van der Waals surface area (Å²) in [7, 11) is 1.66. The highest BCUT2D eigenvalue weighted by Crippen LogP contribution is 2.35. The molecule has 1 heterocycles. The van der Waals surface area contributed by atoms with Crippen molar-refractivity contribution in [2.45, 2.75) is 13.8 Å². The first kappa shape index (κ1) is 23.3. The second kappa shape index (κ2) is 11.3. The molecule has 8 heteroatoms. The van der Waals surface area contributed by atoms with Crippen molar-refractivity contribution in [1.29, 1.82) is 0 Å². The molecular formula is C24H27FN4O3. The third-order valence-corrected chi connectivity index (χ3v) is 4.84. The molecule has 0 radical (unpaired) electrons. The number of hydrogen-bond donors (Lipinski definition) is 2. The molecule has 168 valence electrons. The van der Waals surface area contributed by atoms with Gasteiger partial charge in [0.15, 0.2) is 0 Å². The third-order valence-electron chi connectivity index (χ3n) is 4.84. The summed E-state index contributed by atoms with van der Waals surface area (Å²) in [4.78, 5) is 21.2. The molecule has 0 saturated heterocycles. The number of carbonyl (C=O) groups excluding carboxylic acids is 1. The zero-order valence-corrected chi connectivity index (χ0v) is 18.4. The Morgan fingerprint density at radius 3 is 2.50 bits per heavy atom. The lowest BCUT2D eigenvalue weighted by atomic mass is 10.0. The summed E-state index contributed by atoms with van der Waals surface area (Å²) in [5.74, 6) is -0.207. The number of rotatable bonds is 10. The van der Waals surface area contributed by atoms with Crippen LogP contribution in [-0.4, -0.2) is 49.3 Å². The van der Waals surface area contributed by atoms with Gasteiger partial charge in [0.1, 0.15) is 24.5 Å². The Bertz CT molecular complexity index is 1050. The van der Waals surface area contributed by atoms with Crippen LogP contribution in [0.25, 0.3) is 11.1 Å². The summed E-state index contributed by atoms with van der Waals surface area (Å²) < 4.78 is 24.5. The lowest BCUT2D eigenvalue weighted by Gasteiger charge is -2.16. The summed E-state index contributed by atoms with van der Waals surface area (Å²) in [6.45, 7) is 6.28. The number of aryl methyl sites for hydroxylation is 2. The maximum atomic E-state index is 13.5. The average molecular weight is 439 g/mol. The first-order valence-electron chi connectivity index (χ1n) is 10.3. The number of ether oxygens (including phenoxy) is 2. The molecule has 3 aromatic rings. The van der Waals surface area contributed by atoms with E-state index in [1.807, 2.05) is 19.9 Å². The number of anilines is 1. The van der Waals surface area contributed by atoms with E-state index in [4.69, 9.17) is 9.47 Å². The van der Waals surface area contributed by atoms with E-state index in [9.17, 15) is 9.18 Å². The fourth-order valence-electron chi connectivity index (χ4n) is 3.28. The number of carbonyl (C=O) groups is 1. The van der Waals surface area contributed by atoms with Crippen molar-refractivity contribution in [3.63, 3.8) is 0 Å². The quantitative estimate of drug-likeness (QED) is 0.469. The van der Waals surface area contributed by atoms with E-state index in [1.54, 1.807) is 25.3 Å². The van der Waals surface area contributed by atoms with E-state index in [0.717, 1.165) is 29.1 Å². The van der Waals surface area contributed by atoms with E-state index in [2.05, 4.69) is 20.6 Å². The van der Waals surface area contributed by atoms with Crippen LogP contribution < -0.4 is 15.4 Å². The smallest absolute Gasteiger partial charge is 0.255 e. The number of amides is 1. The molecule has 1 aromatic heterocycles. The average Bonchev–Trinajstić information content (AvgIpc) is 2.77. The van der Waals surface area contributed by atoms with E-state index >= 15 is 0 Å². The molecule has 2 aromatic carbocycles. The summed E-state index contributed by atoms with van der Waals surface area (Å²) in [5, 5.41) is 6.06. The lowest BCUT2D eigenvalue weighted by molar-refractivity contribution is 0.102. The third kappa shape index (κ3) is 6.09. The monoisotopic (exact) mass is 438 g/mol. The van der Waals surface area contributed by atoms with Crippen molar-refractivity contribution in [2.24, 2.45) is 0 Å². The number of benzene rings is 2. The van der Waals surface area contributed by atoms with Gasteiger partial charge in [-0.2, -0.15) is 0 Å². The number of methoxy groups -OCH3 is 1. The Labute approximate surface area is 187 Å². The van der Waals surface area contributed by atoms with Gasteiger partial charge in [-0.15, -0.1) is 0 Å². The maximum absolute atomic E-state index is 13.5. The molecule has 0 bridgehead atoms. The van der Waals surface area contributed by atoms with Crippen molar-refractivity contribution in [3.05, 3.63) is 71.6 Å². The topological polar surface area (TPSA) is 85.4 Å². The van der Waals surface area contributed by atoms with Gasteiger partial charge in [0.25, 0.3) is 5.91 Å². The first-order chi connectivity index (χ1) is 15.5. The fourth-order valence-corrected chi connectivity index (χ4v) is 3.28. The molecule has 0 saturated carbocycles. The second-order valence-corrected chi connectivity index (χ2v) is 7.19. The summed E-state index contributed by atoms with van der Waals surface area (Å²) >= 11 is 0. The van der Waals surface area contributed by atoms with E-state index in [-0.39, 0.29) is 5.56 Å². The van der Waals surface area contributed by atoms with Crippen LogP contribution in [0.15, 0.2) is 48.8 Å². The highest BCUT2D eigenvalue weighted by Gasteiger charge is 2.16. The molecule has 3 rings (SSSR count). The lowest BCUT2D eigenvalue weighted by Crippen LogP contribution is -2.24. The number of halogens is 1. The predicted molar refractivity (Wildman–Crippen MR) is 122 cm³/mol. The van der Waals surface area contributed by atoms with Gasteiger partial charge in [-0.3, -0.25) is 4.79 Å². The molecule has 0 unspecified atom stereocenters. The molecule has 7 nitrogen and oxygen atoms in total. The Kier molecular flexibility index (Phi) is 8.24. The van der Waals surface area contributed by atoms with Crippen LogP contribution in [0, 0.1) is 19.7 Å². The molecule has 1 amide bonds. The van der Waals surface area contributed by atoms with Crippen molar-refractivity contribution < 1.29 is 18.7 Å². The zero-order valence-electron chi connectivity index (χ0n) is 18.4. The summed E-state index contributed by atoms with van der Waals surface area (Å²) in [6, 6.07) is 10.9. The number of nitrogens with zero attached hydrogens (tertiary/aromatic N) is 2. The number of hydrogen-bond acceptors (Lipinski definition) is 6. The maximum Gasteiger partial charge on any atom is 0.255 e. The fraction of sp³-hybridized carbons (Fsp3) is 0.292. The van der Waals surface area contributed by atoms with Gasteiger partial charge >= 0.3 is 0 Å². The van der Waals surface area contributed by atoms with Crippen LogP contribution in [-0.2, 0) is 4.74 Å². The Balaban J connectivity index is 1.85. The summed E-state index contributed by atoms with van der Waals surface area (Å²) in [6.07, 6.45) is 1.52. The van der Waals surface area contributed by atoms with Gasteiger partial charge in [0.2, 0.25) is 0 Å². The first-order valence-corrected chi connectivity index (χ1v) is 10.3. The Morgan fingerprint density at radius 2 is 1.78 bits per heavy atom. The van der Waals surface area contributed by atoms with Crippen LogP contribution in [0.5, 0.6) is 5.75 Å². The van der Waals surface area contributed by atoms with Crippen molar-refractivity contribution in [2.75, 3.05) is 38.7 Å². The molecule has 0 spiro atoms. The molecule has 0 aliphatic carbocycles. The van der Waals surface area contributed by atoms with Crippen LogP contribution >= 0.6 is 0 Å². The molecular weight excluding hydrogens is 411 g/mol. The number of nitrogens with one attached hydrogen (secondary N) is 2. The van der Waals surface area contributed by atoms with E-state index in [1.165, 1.54) is 24.5 Å². The molecule has 0 fully saturated rings. The van der Waals surface area contributed by atoms with Crippen molar-refractivity contribution >= 4 is 11.6 Å². The van der Waals surface area contributed by atoms with Gasteiger partial charge in [-0.25, -0.2) is 14.4 Å². The molecule has 0 atom stereocenters. The van der Waals surface area contributed by atoms with Crippen LogP contribution in [0.1, 0.15) is 21.7 Å². The normalized spacial score (nSPS) is 10.8.